The summed E-state index contributed by atoms with van der Waals surface area (Å²) in [7, 11) is 0. The largest absolute Gasteiger partial charge is 0.454 e. The summed E-state index contributed by atoms with van der Waals surface area (Å²) in [5.74, 6) is 1.13. The number of hydrogen-bond donors (Lipinski definition) is 1. The average Bonchev–Trinajstić information content (AvgIpc) is 2.97. The number of carbonyl (C=O) groups is 1. The predicted octanol–water partition coefficient (Wildman–Crippen LogP) is 3.62. The van der Waals surface area contributed by atoms with E-state index < -0.39 is 0 Å². The lowest BCUT2D eigenvalue weighted by Crippen LogP contribution is -2.11. The van der Waals surface area contributed by atoms with Gasteiger partial charge in [0.05, 0.1) is 0 Å². The molecule has 0 spiro atoms. The lowest BCUT2D eigenvalue weighted by atomic mass is 10.1. The molecule has 0 unspecified atom stereocenters. The average molecular weight is 283 g/mol. The molecule has 0 saturated carbocycles. The molecule has 1 N–H and O–H groups in total. The van der Waals surface area contributed by atoms with E-state index in [-0.39, 0.29) is 12.7 Å². The first-order valence-electron chi connectivity index (χ1n) is 7.06. The van der Waals surface area contributed by atoms with Crippen molar-refractivity contribution in [2.24, 2.45) is 0 Å². The molecule has 1 amide bonds. The summed E-state index contributed by atoms with van der Waals surface area (Å²) >= 11 is 0. The van der Waals surface area contributed by atoms with E-state index in [0.29, 0.717) is 17.1 Å². The molecule has 0 aromatic heterocycles. The lowest BCUT2D eigenvalue weighted by Gasteiger charge is -2.07. The minimum atomic E-state index is -0.156. The van der Waals surface area contributed by atoms with Gasteiger partial charge in [0.25, 0.3) is 5.91 Å². The molecule has 1 heterocycles. The van der Waals surface area contributed by atoms with E-state index in [1.807, 2.05) is 24.3 Å². The molecule has 2 aromatic rings. The number of benzene rings is 2. The number of aryl methyl sites for hydroxylation is 1. The zero-order valence-electron chi connectivity index (χ0n) is 11.9. The molecule has 1 aliphatic rings. The van der Waals surface area contributed by atoms with E-state index in [0.717, 1.165) is 18.5 Å². The summed E-state index contributed by atoms with van der Waals surface area (Å²) in [6, 6.07) is 13.1. The number of rotatable bonds is 4. The van der Waals surface area contributed by atoms with Crippen molar-refractivity contribution in [2.75, 3.05) is 12.1 Å². The van der Waals surface area contributed by atoms with Gasteiger partial charge < -0.3 is 14.8 Å². The van der Waals surface area contributed by atoms with E-state index in [1.54, 1.807) is 18.2 Å². The van der Waals surface area contributed by atoms with E-state index in [1.165, 1.54) is 5.56 Å². The van der Waals surface area contributed by atoms with Crippen LogP contribution in [0.4, 0.5) is 5.69 Å². The molecule has 0 atom stereocenters. The minimum Gasteiger partial charge on any atom is -0.454 e. The summed E-state index contributed by atoms with van der Waals surface area (Å²) in [4.78, 5) is 12.2. The Hall–Kier alpha value is -2.49. The van der Waals surface area contributed by atoms with Gasteiger partial charge in [-0.2, -0.15) is 0 Å². The number of amides is 1. The molecule has 0 bridgehead atoms. The summed E-state index contributed by atoms with van der Waals surface area (Å²) in [5, 5.41) is 2.88. The van der Waals surface area contributed by atoms with Crippen LogP contribution in [0.1, 0.15) is 29.3 Å². The Balaban J connectivity index is 1.71. The highest BCUT2D eigenvalue weighted by Crippen LogP contribution is 2.32. The zero-order chi connectivity index (χ0) is 14.7. The second kappa shape index (κ2) is 5.87. The van der Waals surface area contributed by atoms with Gasteiger partial charge in [-0.25, -0.2) is 0 Å². The van der Waals surface area contributed by atoms with Gasteiger partial charge in [0.1, 0.15) is 0 Å². The highest BCUT2D eigenvalue weighted by Gasteiger charge is 2.16. The van der Waals surface area contributed by atoms with Crippen molar-refractivity contribution in [1.29, 1.82) is 0 Å². The topological polar surface area (TPSA) is 47.6 Å². The number of carbonyl (C=O) groups excluding carboxylic acids is 1. The smallest absolute Gasteiger partial charge is 0.255 e. The van der Waals surface area contributed by atoms with Crippen molar-refractivity contribution < 1.29 is 14.3 Å². The Bertz CT molecular complexity index is 650. The maximum atomic E-state index is 12.2. The Morgan fingerprint density at radius 2 is 1.86 bits per heavy atom. The minimum absolute atomic E-state index is 0.156. The summed E-state index contributed by atoms with van der Waals surface area (Å²) in [6.07, 6.45) is 2.17. The first-order valence-corrected chi connectivity index (χ1v) is 7.06. The third-order valence-corrected chi connectivity index (χ3v) is 3.39. The second-order valence-electron chi connectivity index (χ2n) is 4.97. The van der Waals surface area contributed by atoms with E-state index in [4.69, 9.17) is 9.47 Å². The number of ether oxygens (including phenoxy) is 2. The van der Waals surface area contributed by atoms with Crippen molar-refractivity contribution in [3.63, 3.8) is 0 Å². The fourth-order valence-electron chi connectivity index (χ4n) is 2.28. The number of anilines is 1. The predicted molar refractivity (Wildman–Crippen MR) is 81.0 cm³/mol. The standard InChI is InChI=1S/C17H17NO3/c1-2-3-12-4-7-14(8-5-12)18-17(19)13-6-9-15-16(10-13)21-11-20-15/h4-10H,2-3,11H2,1H3,(H,18,19). The molecule has 108 valence electrons. The number of fused-ring (bicyclic) bond motifs is 1. The third kappa shape index (κ3) is 2.99. The van der Waals surface area contributed by atoms with E-state index in [2.05, 4.69) is 12.2 Å². The molecular formula is C17H17NO3. The molecule has 2 aromatic carbocycles. The van der Waals surface area contributed by atoms with Crippen molar-refractivity contribution >= 4 is 11.6 Å². The van der Waals surface area contributed by atoms with Gasteiger partial charge in [-0.05, 0) is 42.3 Å². The van der Waals surface area contributed by atoms with E-state index in [9.17, 15) is 4.79 Å². The van der Waals surface area contributed by atoms with Crippen molar-refractivity contribution in [2.45, 2.75) is 19.8 Å². The fourth-order valence-corrected chi connectivity index (χ4v) is 2.28. The van der Waals surface area contributed by atoms with Crippen LogP contribution in [-0.4, -0.2) is 12.7 Å². The molecular weight excluding hydrogens is 266 g/mol. The van der Waals surface area contributed by atoms with Gasteiger partial charge in [0.15, 0.2) is 11.5 Å². The van der Waals surface area contributed by atoms with Crippen molar-refractivity contribution in [1.82, 2.24) is 0 Å². The van der Waals surface area contributed by atoms with Crippen LogP contribution < -0.4 is 14.8 Å². The van der Waals surface area contributed by atoms with Crippen LogP contribution in [0.15, 0.2) is 42.5 Å². The van der Waals surface area contributed by atoms with Crippen LogP contribution in [0.2, 0.25) is 0 Å². The molecule has 0 aliphatic carbocycles. The maximum absolute atomic E-state index is 12.2. The zero-order valence-corrected chi connectivity index (χ0v) is 11.9. The Morgan fingerprint density at radius 1 is 1.10 bits per heavy atom. The second-order valence-corrected chi connectivity index (χ2v) is 4.97. The first kappa shape index (κ1) is 13.5. The molecule has 0 saturated heterocycles. The molecule has 0 radical (unpaired) electrons. The SMILES string of the molecule is CCCc1ccc(NC(=O)c2ccc3c(c2)OCO3)cc1. The Morgan fingerprint density at radius 3 is 2.62 bits per heavy atom. The number of hydrogen-bond acceptors (Lipinski definition) is 3. The maximum Gasteiger partial charge on any atom is 0.255 e. The highest BCUT2D eigenvalue weighted by atomic mass is 16.7. The monoisotopic (exact) mass is 283 g/mol. The highest BCUT2D eigenvalue weighted by molar-refractivity contribution is 6.04. The third-order valence-electron chi connectivity index (χ3n) is 3.39. The van der Waals surface area contributed by atoms with Gasteiger partial charge in [0.2, 0.25) is 6.79 Å². The van der Waals surface area contributed by atoms with Crippen LogP contribution in [0, 0.1) is 0 Å². The Labute approximate surface area is 123 Å². The van der Waals surface area contributed by atoms with Crippen LogP contribution in [0.3, 0.4) is 0 Å². The van der Waals surface area contributed by atoms with Gasteiger partial charge in [0, 0.05) is 11.3 Å². The van der Waals surface area contributed by atoms with Gasteiger partial charge in [-0.3, -0.25) is 4.79 Å². The van der Waals surface area contributed by atoms with Crippen LogP contribution in [0.25, 0.3) is 0 Å². The summed E-state index contributed by atoms with van der Waals surface area (Å²) in [6.45, 7) is 2.36. The lowest BCUT2D eigenvalue weighted by molar-refractivity contribution is 0.102. The van der Waals surface area contributed by atoms with Gasteiger partial charge in [-0.15, -0.1) is 0 Å². The molecule has 1 aliphatic heterocycles. The molecule has 4 heteroatoms. The molecule has 3 rings (SSSR count). The van der Waals surface area contributed by atoms with E-state index >= 15 is 0 Å². The van der Waals surface area contributed by atoms with Crippen LogP contribution in [-0.2, 0) is 6.42 Å². The van der Waals surface area contributed by atoms with Gasteiger partial charge >= 0.3 is 0 Å². The van der Waals surface area contributed by atoms with Crippen molar-refractivity contribution in [3.8, 4) is 11.5 Å². The normalized spacial score (nSPS) is 12.2. The summed E-state index contributed by atoms with van der Waals surface area (Å²) < 4.78 is 10.5. The van der Waals surface area contributed by atoms with Crippen LogP contribution >= 0.6 is 0 Å². The molecule has 0 fully saturated rings. The van der Waals surface area contributed by atoms with Crippen LogP contribution in [0.5, 0.6) is 11.5 Å². The first-order chi connectivity index (χ1) is 10.3. The molecule has 21 heavy (non-hydrogen) atoms. The molecule has 4 nitrogen and oxygen atoms in total. The van der Waals surface area contributed by atoms with Crippen molar-refractivity contribution in [3.05, 3.63) is 53.6 Å². The number of nitrogens with one attached hydrogen (secondary N) is 1. The fraction of sp³-hybridized carbons (Fsp3) is 0.235. The Kier molecular flexibility index (Phi) is 3.77. The summed E-state index contributed by atoms with van der Waals surface area (Å²) in [5.41, 5.74) is 2.62. The quantitative estimate of drug-likeness (QED) is 0.932. The van der Waals surface area contributed by atoms with Gasteiger partial charge in [-0.1, -0.05) is 25.5 Å².